The van der Waals surface area contributed by atoms with Crippen molar-refractivity contribution in [3.05, 3.63) is 42.0 Å². The van der Waals surface area contributed by atoms with Crippen LogP contribution >= 0.6 is 0 Å². The summed E-state index contributed by atoms with van der Waals surface area (Å²) in [6.07, 6.45) is 0.940. The van der Waals surface area contributed by atoms with Crippen LogP contribution in [0, 0.1) is 6.92 Å². The maximum atomic E-state index is 11.9. The minimum Gasteiger partial charge on any atom is -0.483 e. The molecule has 1 aromatic rings. The first-order chi connectivity index (χ1) is 11.7. The van der Waals surface area contributed by atoms with Crippen molar-refractivity contribution in [3.8, 4) is 5.75 Å². The number of benzene rings is 1. The Kier molecular flexibility index (Phi) is 7.98. The Bertz CT molecular complexity index is 606. The van der Waals surface area contributed by atoms with Gasteiger partial charge in [0.15, 0.2) is 6.61 Å². The number of alkyl carbamates (subject to hydrolysis) is 1. The number of amides is 2. The molecule has 0 saturated heterocycles. The Morgan fingerprint density at radius 2 is 1.88 bits per heavy atom. The van der Waals surface area contributed by atoms with Crippen molar-refractivity contribution in [2.24, 2.45) is 0 Å². The monoisotopic (exact) mass is 348 g/mol. The molecule has 6 nitrogen and oxygen atoms in total. The van der Waals surface area contributed by atoms with E-state index in [0.29, 0.717) is 12.3 Å². The molecule has 2 amide bonds. The second-order valence-electron chi connectivity index (χ2n) is 6.70. The Labute approximate surface area is 149 Å². The summed E-state index contributed by atoms with van der Waals surface area (Å²) in [7, 11) is 0. The molecule has 6 heteroatoms. The average molecular weight is 348 g/mol. The zero-order valence-electron chi connectivity index (χ0n) is 15.5. The summed E-state index contributed by atoms with van der Waals surface area (Å²) in [6, 6.07) is 5.92. The van der Waals surface area contributed by atoms with E-state index in [2.05, 4.69) is 44.1 Å². The van der Waals surface area contributed by atoms with Crippen LogP contribution < -0.4 is 15.4 Å². The van der Waals surface area contributed by atoms with Gasteiger partial charge in [-0.25, -0.2) is 4.79 Å². The number of hydrogen-bond acceptors (Lipinski definition) is 4. The van der Waals surface area contributed by atoms with Crippen LogP contribution in [0.2, 0.25) is 0 Å². The van der Waals surface area contributed by atoms with Gasteiger partial charge >= 0.3 is 6.09 Å². The number of aryl methyl sites for hydroxylation is 1. The highest BCUT2D eigenvalue weighted by Crippen LogP contribution is 2.32. The molecule has 0 heterocycles. The van der Waals surface area contributed by atoms with Gasteiger partial charge in [-0.05, 0) is 24.0 Å². The molecule has 2 N–H and O–H groups in total. The predicted octanol–water partition coefficient (Wildman–Crippen LogP) is 2.70. The van der Waals surface area contributed by atoms with Crippen LogP contribution in [0.5, 0.6) is 5.75 Å². The lowest BCUT2D eigenvalue weighted by Crippen LogP contribution is -2.37. The van der Waals surface area contributed by atoms with Crippen LogP contribution in [0.25, 0.3) is 0 Å². The van der Waals surface area contributed by atoms with Gasteiger partial charge in [-0.15, -0.1) is 0 Å². The van der Waals surface area contributed by atoms with E-state index in [1.54, 1.807) is 0 Å². The molecule has 0 fully saturated rings. The fourth-order valence-corrected chi connectivity index (χ4v) is 2.10. The normalized spacial score (nSPS) is 10.7. The first-order valence-electron chi connectivity index (χ1n) is 8.26. The minimum atomic E-state index is -0.542. The van der Waals surface area contributed by atoms with Crippen LogP contribution in [-0.4, -0.2) is 38.3 Å². The summed E-state index contributed by atoms with van der Waals surface area (Å²) >= 11 is 0. The molecular formula is C19H28N2O4. The number of rotatable bonds is 8. The lowest BCUT2D eigenvalue weighted by Gasteiger charge is -2.23. The molecule has 0 bridgehead atoms. The first kappa shape index (κ1) is 20.5. The lowest BCUT2D eigenvalue weighted by atomic mass is 9.85. The highest BCUT2D eigenvalue weighted by atomic mass is 16.5. The molecule has 0 aliphatic heterocycles. The molecule has 1 rings (SSSR count). The van der Waals surface area contributed by atoms with E-state index in [1.807, 2.05) is 19.1 Å². The van der Waals surface area contributed by atoms with Crippen LogP contribution in [0.1, 0.15) is 31.9 Å². The topological polar surface area (TPSA) is 76.7 Å². The van der Waals surface area contributed by atoms with Gasteiger partial charge in [-0.1, -0.05) is 51.1 Å². The molecule has 0 aromatic heterocycles. The van der Waals surface area contributed by atoms with Gasteiger partial charge in [0.1, 0.15) is 12.4 Å². The van der Waals surface area contributed by atoms with Crippen molar-refractivity contribution >= 4 is 12.0 Å². The van der Waals surface area contributed by atoms with Gasteiger partial charge in [-0.3, -0.25) is 4.79 Å². The largest absolute Gasteiger partial charge is 0.483 e. The Morgan fingerprint density at radius 3 is 2.52 bits per heavy atom. The standard InChI is InChI=1S/C19H28N2O4/c1-6-11-24-18(23)21-10-9-20-17(22)13-25-16-8-7-14(2)12-15(16)19(3,4)5/h6-8,12H,1,9-11,13H2,2-5H3,(H,20,22)(H,21,23). The third kappa shape index (κ3) is 7.74. The van der Waals surface area contributed by atoms with E-state index in [-0.39, 0.29) is 31.1 Å². The third-order valence-electron chi connectivity index (χ3n) is 3.35. The third-order valence-corrected chi connectivity index (χ3v) is 3.35. The Balaban J connectivity index is 2.40. The van der Waals surface area contributed by atoms with Gasteiger partial charge in [0.2, 0.25) is 0 Å². The van der Waals surface area contributed by atoms with Crippen molar-refractivity contribution in [2.45, 2.75) is 33.1 Å². The molecule has 0 aliphatic carbocycles. The van der Waals surface area contributed by atoms with E-state index in [0.717, 1.165) is 11.1 Å². The summed E-state index contributed by atoms with van der Waals surface area (Å²) in [6.45, 7) is 12.4. The van der Waals surface area contributed by atoms with Gasteiger partial charge in [0, 0.05) is 13.1 Å². The van der Waals surface area contributed by atoms with Crippen LogP contribution in [-0.2, 0) is 14.9 Å². The number of ether oxygens (including phenoxy) is 2. The fraction of sp³-hybridized carbons (Fsp3) is 0.474. The van der Waals surface area contributed by atoms with E-state index in [1.165, 1.54) is 6.08 Å². The van der Waals surface area contributed by atoms with Crippen molar-refractivity contribution in [2.75, 3.05) is 26.3 Å². The molecule has 1 aromatic carbocycles. The average Bonchev–Trinajstić information content (AvgIpc) is 2.54. The van der Waals surface area contributed by atoms with Gasteiger partial charge < -0.3 is 20.1 Å². The summed E-state index contributed by atoms with van der Waals surface area (Å²) in [5.74, 6) is 0.459. The highest BCUT2D eigenvalue weighted by molar-refractivity contribution is 5.77. The minimum absolute atomic E-state index is 0.0758. The van der Waals surface area contributed by atoms with E-state index in [9.17, 15) is 9.59 Å². The maximum absolute atomic E-state index is 11.9. The van der Waals surface area contributed by atoms with Crippen LogP contribution in [0.3, 0.4) is 0 Å². The lowest BCUT2D eigenvalue weighted by molar-refractivity contribution is -0.123. The molecule has 0 radical (unpaired) electrons. The van der Waals surface area contributed by atoms with Crippen LogP contribution in [0.4, 0.5) is 4.79 Å². The van der Waals surface area contributed by atoms with Crippen molar-refractivity contribution in [1.82, 2.24) is 10.6 Å². The quantitative estimate of drug-likeness (QED) is 0.559. The molecule has 0 saturated carbocycles. The van der Waals surface area contributed by atoms with Gasteiger partial charge in [-0.2, -0.15) is 0 Å². The molecule has 0 spiro atoms. The number of carbonyl (C=O) groups excluding carboxylic acids is 2. The van der Waals surface area contributed by atoms with E-state index >= 15 is 0 Å². The van der Waals surface area contributed by atoms with Gasteiger partial charge in [0.25, 0.3) is 5.91 Å². The Hall–Kier alpha value is -2.50. The number of hydrogen-bond donors (Lipinski definition) is 2. The fourth-order valence-electron chi connectivity index (χ4n) is 2.10. The second kappa shape index (κ2) is 9.71. The molecule has 0 unspecified atom stereocenters. The number of carbonyl (C=O) groups is 2. The SMILES string of the molecule is C=CCOC(=O)NCCNC(=O)COc1ccc(C)cc1C(C)(C)C. The summed E-state index contributed by atoms with van der Waals surface area (Å²) in [4.78, 5) is 23.1. The van der Waals surface area contributed by atoms with Crippen molar-refractivity contribution in [1.29, 1.82) is 0 Å². The smallest absolute Gasteiger partial charge is 0.407 e. The van der Waals surface area contributed by atoms with E-state index < -0.39 is 6.09 Å². The van der Waals surface area contributed by atoms with Crippen molar-refractivity contribution in [3.63, 3.8) is 0 Å². The second-order valence-corrected chi connectivity index (χ2v) is 6.70. The number of nitrogens with one attached hydrogen (secondary N) is 2. The maximum Gasteiger partial charge on any atom is 0.407 e. The summed E-state index contributed by atoms with van der Waals surface area (Å²) < 4.78 is 10.4. The summed E-state index contributed by atoms with van der Waals surface area (Å²) in [5, 5.41) is 5.20. The molecule has 25 heavy (non-hydrogen) atoms. The molecule has 0 aliphatic rings. The zero-order chi connectivity index (χ0) is 18.9. The van der Waals surface area contributed by atoms with E-state index in [4.69, 9.17) is 9.47 Å². The Morgan fingerprint density at radius 1 is 1.20 bits per heavy atom. The van der Waals surface area contributed by atoms with Gasteiger partial charge in [0.05, 0.1) is 0 Å². The first-order valence-corrected chi connectivity index (χ1v) is 8.26. The molecule has 138 valence electrons. The predicted molar refractivity (Wildman–Crippen MR) is 97.9 cm³/mol. The van der Waals surface area contributed by atoms with Crippen LogP contribution in [0.15, 0.2) is 30.9 Å². The van der Waals surface area contributed by atoms with Crippen molar-refractivity contribution < 1.29 is 19.1 Å². The zero-order valence-corrected chi connectivity index (χ0v) is 15.5. The highest BCUT2D eigenvalue weighted by Gasteiger charge is 2.19. The molecule has 0 atom stereocenters. The molecular weight excluding hydrogens is 320 g/mol. The summed E-state index contributed by atoms with van der Waals surface area (Å²) in [5.41, 5.74) is 2.14.